The summed E-state index contributed by atoms with van der Waals surface area (Å²) in [5.41, 5.74) is -2.08. The van der Waals surface area contributed by atoms with Crippen molar-refractivity contribution in [1.82, 2.24) is 0 Å². The Bertz CT molecular complexity index is 137. The summed E-state index contributed by atoms with van der Waals surface area (Å²) in [6.07, 6.45) is -3.04. The molecule has 0 saturated carbocycles. The van der Waals surface area contributed by atoms with Crippen LogP contribution in [0.3, 0.4) is 0 Å². The topological polar surface area (TPSA) is 9.23 Å². The van der Waals surface area contributed by atoms with Crippen molar-refractivity contribution in [2.24, 2.45) is 0 Å². The maximum absolute atomic E-state index is 12.0. The molecule has 0 fully saturated rings. The molecule has 0 bridgehead atoms. The van der Waals surface area contributed by atoms with Gasteiger partial charge in [-0.2, -0.15) is 13.2 Å². The Morgan fingerprint density at radius 1 is 1.36 bits per heavy atom. The molecule has 66 valence electrons. The second-order valence-electron chi connectivity index (χ2n) is 2.61. The molecule has 0 amide bonds. The van der Waals surface area contributed by atoms with E-state index in [4.69, 9.17) is 0 Å². The van der Waals surface area contributed by atoms with Gasteiger partial charge in [-0.15, -0.1) is 6.58 Å². The molecular weight excluding hydrogens is 157 g/mol. The molecule has 0 aliphatic heterocycles. The van der Waals surface area contributed by atoms with Crippen molar-refractivity contribution in [1.29, 1.82) is 0 Å². The first-order chi connectivity index (χ1) is 4.81. The molecule has 0 spiro atoms. The second kappa shape index (κ2) is 3.26. The zero-order valence-electron chi connectivity index (χ0n) is 6.53. The van der Waals surface area contributed by atoms with Gasteiger partial charge in [0.15, 0.2) is 5.60 Å². The van der Waals surface area contributed by atoms with E-state index >= 15 is 0 Å². The highest BCUT2D eigenvalue weighted by Gasteiger charge is 2.48. The van der Waals surface area contributed by atoms with Crippen molar-refractivity contribution >= 4 is 0 Å². The number of hydrogen-bond donors (Lipinski definition) is 0. The van der Waals surface area contributed by atoms with E-state index in [1.807, 2.05) is 0 Å². The van der Waals surface area contributed by atoms with Crippen LogP contribution in [0.4, 0.5) is 13.2 Å². The van der Waals surface area contributed by atoms with Crippen molar-refractivity contribution < 1.29 is 17.9 Å². The van der Waals surface area contributed by atoms with E-state index in [2.05, 4.69) is 11.3 Å². The Morgan fingerprint density at radius 2 is 1.82 bits per heavy atom. The molecule has 0 unspecified atom stereocenters. The van der Waals surface area contributed by atoms with Gasteiger partial charge in [-0.05, 0) is 13.8 Å². The Morgan fingerprint density at radius 3 is 2.09 bits per heavy atom. The third-order valence-electron chi connectivity index (χ3n) is 1.24. The highest BCUT2D eigenvalue weighted by Crippen LogP contribution is 2.32. The number of alkyl halides is 3. The summed E-state index contributed by atoms with van der Waals surface area (Å²) in [5, 5.41) is 0. The minimum atomic E-state index is -4.32. The average Bonchev–Trinajstić information content (AvgIpc) is 1.81. The summed E-state index contributed by atoms with van der Waals surface area (Å²) in [7, 11) is 0. The molecule has 11 heavy (non-hydrogen) atoms. The third kappa shape index (κ3) is 2.93. The van der Waals surface area contributed by atoms with Gasteiger partial charge >= 0.3 is 6.18 Å². The van der Waals surface area contributed by atoms with Crippen LogP contribution < -0.4 is 0 Å². The third-order valence-corrected chi connectivity index (χ3v) is 1.24. The highest BCUT2D eigenvalue weighted by molar-refractivity contribution is 4.80. The molecule has 0 aliphatic carbocycles. The fourth-order valence-electron chi connectivity index (χ4n) is 0.349. The molecule has 0 rings (SSSR count). The Balaban J connectivity index is 4.10. The molecule has 0 N–H and O–H groups in total. The van der Waals surface area contributed by atoms with Gasteiger partial charge in [0.05, 0.1) is 6.61 Å². The number of rotatable bonds is 3. The second-order valence-corrected chi connectivity index (χ2v) is 2.61. The highest BCUT2D eigenvalue weighted by atomic mass is 19.4. The van der Waals surface area contributed by atoms with E-state index in [1.165, 1.54) is 6.08 Å². The van der Waals surface area contributed by atoms with Crippen LogP contribution in [0.25, 0.3) is 0 Å². The first-order valence-corrected chi connectivity index (χ1v) is 3.13. The average molecular weight is 168 g/mol. The largest absolute Gasteiger partial charge is 0.416 e. The fourth-order valence-corrected chi connectivity index (χ4v) is 0.349. The quantitative estimate of drug-likeness (QED) is 0.588. The fraction of sp³-hybridized carbons (Fsp3) is 0.714. The van der Waals surface area contributed by atoms with Crippen LogP contribution in [0, 0.1) is 0 Å². The van der Waals surface area contributed by atoms with Crippen molar-refractivity contribution in [3.63, 3.8) is 0 Å². The zero-order valence-corrected chi connectivity index (χ0v) is 6.53. The van der Waals surface area contributed by atoms with Crippen LogP contribution in [0.1, 0.15) is 13.8 Å². The predicted octanol–water partition coefficient (Wildman–Crippen LogP) is 2.53. The van der Waals surface area contributed by atoms with Gasteiger partial charge in [0.25, 0.3) is 0 Å². The van der Waals surface area contributed by atoms with Crippen LogP contribution in [0.5, 0.6) is 0 Å². The standard InChI is InChI=1S/C7H11F3O/c1-4-5-11-6(2,3)7(8,9)10/h4H,1,5H2,2-3H3. The zero-order chi connectivity index (χ0) is 9.12. The lowest BCUT2D eigenvalue weighted by atomic mass is 10.1. The number of hydrogen-bond acceptors (Lipinski definition) is 1. The van der Waals surface area contributed by atoms with Crippen molar-refractivity contribution in [2.45, 2.75) is 25.6 Å². The summed E-state index contributed by atoms with van der Waals surface area (Å²) in [6.45, 7) is 5.13. The number of ether oxygens (including phenoxy) is 1. The van der Waals surface area contributed by atoms with Gasteiger partial charge in [-0.1, -0.05) is 6.08 Å². The lowest BCUT2D eigenvalue weighted by Crippen LogP contribution is -2.41. The van der Waals surface area contributed by atoms with Gasteiger partial charge in [-0.25, -0.2) is 0 Å². The van der Waals surface area contributed by atoms with Crippen molar-refractivity contribution in [3.8, 4) is 0 Å². The molecule has 0 aromatic heterocycles. The van der Waals surface area contributed by atoms with Crippen LogP contribution in [0.15, 0.2) is 12.7 Å². The maximum atomic E-state index is 12.0. The Kier molecular flexibility index (Phi) is 3.11. The first-order valence-electron chi connectivity index (χ1n) is 3.13. The smallest absolute Gasteiger partial charge is 0.362 e. The van der Waals surface area contributed by atoms with Crippen LogP contribution in [-0.2, 0) is 4.74 Å². The van der Waals surface area contributed by atoms with Gasteiger partial charge < -0.3 is 4.74 Å². The Labute approximate surface area is 63.8 Å². The maximum Gasteiger partial charge on any atom is 0.416 e. The Hall–Kier alpha value is -0.510. The van der Waals surface area contributed by atoms with Crippen LogP contribution in [-0.4, -0.2) is 18.4 Å². The van der Waals surface area contributed by atoms with E-state index in [-0.39, 0.29) is 6.61 Å². The molecule has 0 radical (unpaired) electrons. The molecule has 4 heteroatoms. The summed E-state index contributed by atoms with van der Waals surface area (Å²) in [5.74, 6) is 0. The molecule has 0 aliphatic rings. The van der Waals surface area contributed by atoms with Crippen molar-refractivity contribution in [2.75, 3.05) is 6.61 Å². The summed E-state index contributed by atoms with van der Waals surface area (Å²) in [6, 6.07) is 0. The van der Waals surface area contributed by atoms with E-state index in [1.54, 1.807) is 0 Å². The lowest BCUT2D eigenvalue weighted by Gasteiger charge is -2.27. The SMILES string of the molecule is C=CCOC(C)(C)C(F)(F)F. The van der Waals surface area contributed by atoms with E-state index in [0.717, 1.165) is 13.8 Å². The summed E-state index contributed by atoms with van der Waals surface area (Å²) >= 11 is 0. The van der Waals surface area contributed by atoms with Gasteiger partial charge in [0.2, 0.25) is 0 Å². The minimum absolute atomic E-state index is 0.0908. The van der Waals surface area contributed by atoms with E-state index < -0.39 is 11.8 Å². The normalized spacial score (nSPS) is 13.2. The van der Waals surface area contributed by atoms with Gasteiger partial charge in [0.1, 0.15) is 0 Å². The molecule has 0 aromatic rings. The minimum Gasteiger partial charge on any atom is -0.362 e. The van der Waals surface area contributed by atoms with Gasteiger partial charge in [-0.3, -0.25) is 0 Å². The lowest BCUT2D eigenvalue weighted by molar-refractivity contribution is -0.260. The molecule has 0 heterocycles. The predicted molar refractivity (Wildman–Crippen MR) is 36.3 cm³/mol. The molecular formula is C7H11F3O. The van der Waals surface area contributed by atoms with Crippen LogP contribution in [0.2, 0.25) is 0 Å². The molecule has 1 nitrogen and oxygen atoms in total. The van der Waals surface area contributed by atoms with E-state index in [9.17, 15) is 13.2 Å². The van der Waals surface area contributed by atoms with Gasteiger partial charge in [0, 0.05) is 0 Å². The molecule has 0 aromatic carbocycles. The summed E-state index contributed by atoms with van der Waals surface area (Å²) in [4.78, 5) is 0. The van der Waals surface area contributed by atoms with E-state index in [0.29, 0.717) is 0 Å². The van der Waals surface area contributed by atoms with Crippen LogP contribution >= 0.6 is 0 Å². The van der Waals surface area contributed by atoms with Crippen molar-refractivity contribution in [3.05, 3.63) is 12.7 Å². The number of halogens is 3. The summed E-state index contributed by atoms with van der Waals surface area (Å²) < 4.78 is 40.5. The molecule has 0 saturated heterocycles. The monoisotopic (exact) mass is 168 g/mol. The molecule has 0 atom stereocenters. The first kappa shape index (κ1) is 10.5.